The second-order valence-electron chi connectivity index (χ2n) is 4.03. The number of pyridine rings is 1. The molecule has 4 heteroatoms. The van der Waals surface area contributed by atoms with Gasteiger partial charge in [-0.3, -0.25) is 9.89 Å². The molecule has 0 fully saturated rings. The average Bonchev–Trinajstić information content (AvgIpc) is 2.72. The number of rotatable bonds is 1. The van der Waals surface area contributed by atoms with Gasteiger partial charge in [-0.1, -0.05) is 23.8 Å². The quantitative estimate of drug-likeness (QED) is 0.688. The second kappa shape index (κ2) is 3.59. The van der Waals surface area contributed by atoms with Gasteiger partial charge >= 0.3 is 0 Å². The van der Waals surface area contributed by atoms with Gasteiger partial charge in [0.1, 0.15) is 0 Å². The predicted octanol–water partition coefficient (Wildman–Crippen LogP) is 2.00. The fraction of sp³-hybridized carbons (Fsp3) is 0.0769. The number of aromatic nitrogens is 3. The third-order valence-electron chi connectivity index (χ3n) is 2.65. The topological polar surface area (TPSA) is 50.2 Å². The monoisotopic (exact) mass is 225 g/mol. The Morgan fingerprint density at radius 3 is 2.94 bits per heavy atom. The number of hydrogen-bond donors (Lipinski definition) is 1. The molecule has 4 nitrogen and oxygen atoms in total. The molecule has 0 bridgehead atoms. The van der Waals surface area contributed by atoms with Crippen molar-refractivity contribution >= 4 is 5.65 Å². The van der Waals surface area contributed by atoms with E-state index in [1.165, 1.54) is 17.7 Å². The Morgan fingerprint density at radius 1 is 1.24 bits per heavy atom. The fourth-order valence-electron chi connectivity index (χ4n) is 1.83. The molecule has 0 saturated carbocycles. The lowest BCUT2D eigenvalue weighted by Crippen LogP contribution is -1.98. The van der Waals surface area contributed by atoms with Crippen molar-refractivity contribution in [2.45, 2.75) is 6.92 Å². The van der Waals surface area contributed by atoms with E-state index in [2.05, 4.69) is 16.1 Å². The minimum atomic E-state index is -0.0349. The van der Waals surface area contributed by atoms with Gasteiger partial charge in [0.15, 0.2) is 16.9 Å². The molecular formula is C13H11N3O. The van der Waals surface area contributed by atoms with Gasteiger partial charge in [-0.05, 0) is 13.0 Å². The third-order valence-corrected chi connectivity index (χ3v) is 2.65. The maximum atomic E-state index is 11.2. The minimum absolute atomic E-state index is 0.0349. The predicted molar refractivity (Wildman–Crippen MR) is 66.0 cm³/mol. The Morgan fingerprint density at radius 2 is 2.12 bits per heavy atom. The summed E-state index contributed by atoms with van der Waals surface area (Å²) < 4.78 is 1.74. The number of fused-ring (bicyclic) bond motifs is 1. The van der Waals surface area contributed by atoms with Gasteiger partial charge < -0.3 is 0 Å². The third kappa shape index (κ3) is 1.73. The Labute approximate surface area is 97.5 Å². The maximum Gasteiger partial charge on any atom is 0.183 e. The van der Waals surface area contributed by atoms with Crippen molar-refractivity contribution in [2.75, 3.05) is 0 Å². The Bertz CT molecular complexity index is 740. The van der Waals surface area contributed by atoms with Crippen LogP contribution in [0.3, 0.4) is 0 Å². The van der Waals surface area contributed by atoms with Crippen molar-refractivity contribution in [3.05, 3.63) is 58.4 Å². The summed E-state index contributed by atoms with van der Waals surface area (Å²) in [7, 11) is 0. The summed E-state index contributed by atoms with van der Waals surface area (Å²) in [6.07, 6.45) is 1.68. The highest BCUT2D eigenvalue weighted by molar-refractivity contribution is 5.58. The Kier molecular flexibility index (Phi) is 2.08. The van der Waals surface area contributed by atoms with Gasteiger partial charge in [-0.15, -0.1) is 0 Å². The number of aromatic amines is 1. The summed E-state index contributed by atoms with van der Waals surface area (Å²) in [6, 6.07) is 11.1. The molecule has 0 unspecified atom stereocenters. The molecule has 17 heavy (non-hydrogen) atoms. The van der Waals surface area contributed by atoms with Crippen molar-refractivity contribution in [2.24, 2.45) is 0 Å². The Balaban J connectivity index is 2.21. The molecule has 0 aliphatic heterocycles. The lowest BCUT2D eigenvalue weighted by Gasteiger charge is -1.96. The van der Waals surface area contributed by atoms with Gasteiger partial charge in [-0.2, -0.15) is 0 Å². The number of nitrogens with zero attached hydrogens (tertiary/aromatic N) is 2. The molecular weight excluding hydrogens is 214 g/mol. The van der Waals surface area contributed by atoms with E-state index in [1.54, 1.807) is 10.7 Å². The van der Waals surface area contributed by atoms with Crippen LogP contribution in [-0.4, -0.2) is 14.6 Å². The highest BCUT2D eigenvalue weighted by Gasteiger charge is 2.04. The van der Waals surface area contributed by atoms with Crippen LogP contribution in [-0.2, 0) is 0 Å². The first kappa shape index (κ1) is 9.84. The average molecular weight is 225 g/mol. The van der Waals surface area contributed by atoms with Crippen LogP contribution >= 0.6 is 0 Å². The van der Waals surface area contributed by atoms with Gasteiger partial charge in [0.05, 0.1) is 0 Å². The Hall–Kier alpha value is -2.36. The SMILES string of the molecule is Cc1cccc(-c2nc3cc(=O)ccn3[nH]2)c1. The molecule has 0 amide bonds. The van der Waals surface area contributed by atoms with E-state index in [-0.39, 0.29) is 5.43 Å². The van der Waals surface area contributed by atoms with Crippen LogP contribution in [0.1, 0.15) is 5.56 Å². The van der Waals surface area contributed by atoms with E-state index >= 15 is 0 Å². The first-order chi connectivity index (χ1) is 8.22. The molecule has 2 aromatic heterocycles. The van der Waals surface area contributed by atoms with E-state index in [0.29, 0.717) is 5.65 Å². The molecule has 0 radical (unpaired) electrons. The van der Waals surface area contributed by atoms with E-state index in [9.17, 15) is 4.79 Å². The van der Waals surface area contributed by atoms with Crippen molar-refractivity contribution in [1.82, 2.24) is 14.6 Å². The number of hydrogen-bond acceptors (Lipinski definition) is 2. The molecule has 0 atom stereocenters. The largest absolute Gasteiger partial charge is 0.290 e. The van der Waals surface area contributed by atoms with Gasteiger partial charge in [0.2, 0.25) is 0 Å². The van der Waals surface area contributed by atoms with Crippen LogP contribution in [0.25, 0.3) is 17.0 Å². The molecule has 0 saturated heterocycles. The molecule has 0 aliphatic rings. The van der Waals surface area contributed by atoms with Crippen LogP contribution in [0.2, 0.25) is 0 Å². The molecule has 0 spiro atoms. The smallest absolute Gasteiger partial charge is 0.183 e. The summed E-state index contributed by atoms with van der Waals surface area (Å²) >= 11 is 0. The van der Waals surface area contributed by atoms with Crippen molar-refractivity contribution < 1.29 is 0 Å². The second-order valence-corrected chi connectivity index (χ2v) is 4.03. The summed E-state index contributed by atoms with van der Waals surface area (Å²) in [4.78, 5) is 15.6. The van der Waals surface area contributed by atoms with Gasteiger partial charge in [0.25, 0.3) is 0 Å². The van der Waals surface area contributed by atoms with E-state index in [1.807, 2.05) is 25.1 Å². The normalized spacial score (nSPS) is 10.9. The van der Waals surface area contributed by atoms with Crippen LogP contribution in [0.4, 0.5) is 0 Å². The van der Waals surface area contributed by atoms with Crippen LogP contribution < -0.4 is 5.43 Å². The lowest BCUT2D eigenvalue weighted by atomic mass is 10.1. The zero-order valence-corrected chi connectivity index (χ0v) is 9.34. The van der Waals surface area contributed by atoms with Crippen molar-refractivity contribution in [1.29, 1.82) is 0 Å². The number of benzene rings is 1. The highest BCUT2D eigenvalue weighted by Crippen LogP contribution is 2.16. The molecule has 2 heterocycles. The summed E-state index contributed by atoms with van der Waals surface area (Å²) in [5, 5.41) is 3.13. The minimum Gasteiger partial charge on any atom is -0.290 e. The standard InChI is InChI=1S/C13H11N3O/c1-9-3-2-4-10(7-9)13-14-12-8-11(17)5-6-16(12)15-13/h2-8H,1H3,(H,14,15). The fourth-order valence-corrected chi connectivity index (χ4v) is 1.83. The first-order valence-corrected chi connectivity index (χ1v) is 5.38. The number of aryl methyl sites for hydroxylation is 1. The summed E-state index contributed by atoms with van der Waals surface area (Å²) in [6.45, 7) is 2.04. The zero-order chi connectivity index (χ0) is 11.8. The first-order valence-electron chi connectivity index (χ1n) is 5.38. The lowest BCUT2D eigenvalue weighted by molar-refractivity contribution is 0.963. The molecule has 0 aliphatic carbocycles. The number of H-pyrrole nitrogens is 1. The molecule has 3 aromatic rings. The van der Waals surface area contributed by atoms with Crippen LogP contribution in [0.15, 0.2) is 47.4 Å². The van der Waals surface area contributed by atoms with Crippen LogP contribution in [0, 0.1) is 6.92 Å². The van der Waals surface area contributed by atoms with Gasteiger partial charge in [0, 0.05) is 23.9 Å². The van der Waals surface area contributed by atoms with E-state index in [0.717, 1.165) is 11.4 Å². The summed E-state index contributed by atoms with van der Waals surface area (Å²) in [5.74, 6) is 0.763. The molecule has 3 rings (SSSR count). The molecule has 1 aromatic carbocycles. The zero-order valence-electron chi connectivity index (χ0n) is 9.34. The van der Waals surface area contributed by atoms with Crippen LogP contribution in [0.5, 0.6) is 0 Å². The molecule has 84 valence electrons. The maximum absolute atomic E-state index is 11.2. The molecule has 1 N–H and O–H groups in total. The highest BCUT2D eigenvalue weighted by atomic mass is 16.1. The van der Waals surface area contributed by atoms with Gasteiger partial charge in [-0.25, -0.2) is 9.50 Å². The van der Waals surface area contributed by atoms with Crippen molar-refractivity contribution in [3.63, 3.8) is 0 Å². The van der Waals surface area contributed by atoms with E-state index < -0.39 is 0 Å². The van der Waals surface area contributed by atoms with Crippen molar-refractivity contribution in [3.8, 4) is 11.4 Å². The summed E-state index contributed by atoms with van der Waals surface area (Å²) in [5.41, 5.74) is 2.79. The van der Waals surface area contributed by atoms with E-state index in [4.69, 9.17) is 0 Å². The number of nitrogens with one attached hydrogen (secondary N) is 1.